The molecule has 0 unspecified atom stereocenters. The first-order valence-electron chi connectivity index (χ1n) is 20.5. The quantitative estimate of drug-likeness (QED) is 0.170. The van der Waals surface area contributed by atoms with Crippen molar-refractivity contribution in [2.75, 3.05) is 51.3 Å². The summed E-state index contributed by atoms with van der Waals surface area (Å²) in [5.41, 5.74) is 9.66. The van der Waals surface area contributed by atoms with Crippen molar-refractivity contribution in [2.45, 2.75) is 38.9 Å². The molecule has 11 heteroatoms. The molecule has 0 N–H and O–H groups in total. The van der Waals surface area contributed by atoms with Gasteiger partial charge in [0.25, 0.3) is 11.8 Å². The Bertz CT molecular complexity index is 2570. The maximum atomic E-state index is 15.4. The van der Waals surface area contributed by atoms with Crippen LogP contribution in [0, 0.1) is 6.92 Å². The van der Waals surface area contributed by atoms with Crippen LogP contribution in [0.2, 0.25) is 0 Å². The predicted molar refractivity (Wildman–Crippen MR) is 229 cm³/mol. The van der Waals surface area contributed by atoms with E-state index < -0.39 is 6.09 Å². The van der Waals surface area contributed by atoms with Crippen molar-refractivity contribution in [1.29, 1.82) is 0 Å². The number of benzene rings is 4. The molecule has 0 bridgehead atoms. The Morgan fingerprint density at radius 1 is 0.797 bits per heavy atom. The van der Waals surface area contributed by atoms with Gasteiger partial charge < -0.3 is 33.3 Å². The van der Waals surface area contributed by atoms with Gasteiger partial charge in [0.1, 0.15) is 5.75 Å². The molecule has 3 aliphatic rings. The fraction of sp³-hybridized carbons (Fsp3) is 0.312. The number of fused-ring (bicyclic) bond motifs is 3. The van der Waals surface area contributed by atoms with Crippen LogP contribution in [0.1, 0.15) is 48.7 Å². The SMILES string of the molecule is Cc1c(C(=O)N(C)c2ccccc2)cc(-c2cc3c(cc2C(=O)N2Cc4ccccc4C[C@H]2CN2CCOCC2)CN(C(=O)Oc2ccc4ccn(C)c4c2)CC3)n1C. The minimum atomic E-state index is -0.428. The summed E-state index contributed by atoms with van der Waals surface area (Å²) < 4.78 is 15.6. The molecule has 11 nitrogen and oxygen atoms in total. The Hall–Kier alpha value is -6.17. The zero-order valence-electron chi connectivity index (χ0n) is 34.2. The van der Waals surface area contributed by atoms with E-state index in [-0.39, 0.29) is 17.9 Å². The highest BCUT2D eigenvalue weighted by Gasteiger charge is 2.35. The van der Waals surface area contributed by atoms with Crippen LogP contribution in [0.15, 0.2) is 103 Å². The Balaban J connectivity index is 1.09. The van der Waals surface area contributed by atoms with E-state index in [9.17, 15) is 9.59 Å². The van der Waals surface area contributed by atoms with Crippen molar-refractivity contribution < 1.29 is 23.9 Å². The lowest BCUT2D eigenvalue weighted by molar-refractivity contribution is 0.0193. The number of aromatic nitrogens is 2. The number of hydrogen-bond donors (Lipinski definition) is 0. The Morgan fingerprint density at radius 3 is 2.36 bits per heavy atom. The van der Waals surface area contributed by atoms with Crippen LogP contribution in [0.25, 0.3) is 22.2 Å². The van der Waals surface area contributed by atoms with Crippen LogP contribution in [-0.2, 0) is 44.8 Å². The zero-order chi connectivity index (χ0) is 40.8. The molecule has 0 saturated carbocycles. The van der Waals surface area contributed by atoms with E-state index in [0.29, 0.717) is 56.1 Å². The summed E-state index contributed by atoms with van der Waals surface area (Å²) in [6.07, 6.45) is 2.90. The molecule has 0 spiro atoms. The van der Waals surface area contributed by atoms with Crippen LogP contribution in [-0.4, -0.2) is 94.2 Å². The van der Waals surface area contributed by atoms with Crippen molar-refractivity contribution in [2.24, 2.45) is 14.1 Å². The predicted octanol–water partition coefficient (Wildman–Crippen LogP) is 7.23. The zero-order valence-corrected chi connectivity index (χ0v) is 34.2. The summed E-state index contributed by atoms with van der Waals surface area (Å²) >= 11 is 0. The normalized spacial score (nSPS) is 16.8. The van der Waals surface area contributed by atoms with E-state index in [0.717, 1.165) is 76.3 Å². The first-order valence-corrected chi connectivity index (χ1v) is 20.5. The molecule has 59 heavy (non-hydrogen) atoms. The van der Waals surface area contributed by atoms with E-state index in [4.69, 9.17) is 9.47 Å². The number of morpholine rings is 1. The van der Waals surface area contributed by atoms with Gasteiger partial charge in [0.15, 0.2) is 0 Å². The number of rotatable bonds is 7. The molecule has 0 radical (unpaired) electrons. The van der Waals surface area contributed by atoms with Gasteiger partial charge in [-0.2, -0.15) is 0 Å². The third-order valence-corrected chi connectivity index (χ3v) is 12.6. The van der Waals surface area contributed by atoms with Gasteiger partial charge in [0, 0.05) is 107 Å². The summed E-state index contributed by atoms with van der Waals surface area (Å²) in [6.45, 7) is 6.96. The molecule has 9 rings (SSSR count). The van der Waals surface area contributed by atoms with E-state index in [1.54, 1.807) is 16.8 Å². The first kappa shape index (κ1) is 38.4. The number of para-hydroxylation sites is 1. The summed E-state index contributed by atoms with van der Waals surface area (Å²) in [6, 6.07) is 31.7. The number of anilines is 1. The van der Waals surface area contributed by atoms with Crippen LogP contribution in [0.3, 0.4) is 0 Å². The van der Waals surface area contributed by atoms with Gasteiger partial charge in [-0.15, -0.1) is 0 Å². The molecular weight excluding hydrogens is 741 g/mol. The van der Waals surface area contributed by atoms with Gasteiger partial charge in [0.2, 0.25) is 0 Å². The van der Waals surface area contributed by atoms with E-state index in [1.807, 2.05) is 114 Å². The van der Waals surface area contributed by atoms with Crippen molar-refractivity contribution in [3.63, 3.8) is 0 Å². The van der Waals surface area contributed by atoms with E-state index in [2.05, 4.69) is 29.2 Å². The third-order valence-electron chi connectivity index (χ3n) is 12.6. The second-order valence-corrected chi connectivity index (χ2v) is 16.1. The van der Waals surface area contributed by atoms with Gasteiger partial charge in [0.05, 0.1) is 24.3 Å². The highest BCUT2D eigenvalue weighted by molar-refractivity contribution is 6.08. The highest BCUT2D eigenvalue weighted by atomic mass is 16.6. The fourth-order valence-corrected chi connectivity index (χ4v) is 8.97. The lowest BCUT2D eigenvalue weighted by Gasteiger charge is -2.41. The number of amides is 3. The maximum absolute atomic E-state index is 15.4. The van der Waals surface area contributed by atoms with Crippen LogP contribution in [0.5, 0.6) is 5.75 Å². The monoisotopic (exact) mass is 790 g/mol. The van der Waals surface area contributed by atoms with E-state index >= 15 is 4.79 Å². The van der Waals surface area contributed by atoms with Crippen molar-refractivity contribution in [3.8, 4) is 17.0 Å². The van der Waals surface area contributed by atoms with Crippen LogP contribution < -0.4 is 9.64 Å². The number of aryl methyl sites for hydroxylation is 1. The molecule has 4 aromatic carbocycles. The topological polar surface area (TPSA) is 92.5 Å². The van der Waals surface area contributed by atoms with Gasteiger partial charge in [-0.1, -0.05) is 42.5 Å². The summed E-state index contributed by atoms with van der Waals surface area (Å²) in [4.78, 5) is 51.1. The smallest absolute Gasteiger partial charge is 0.410 e. The number of nitrogens with zero attached hydrogens (tertiary/aromatic N) is 6. The van der Waals surface area contributed by atoms with Crippen molar-refractivity contribution in [1.82, 2.24) is 23.8 Å². The third kappa shape index (κ3) is 7.41. The largest absolute Gasteiger partial charge is 0.415 e. The van der Waals surface area contributed by atoms with Gasteiger partial charge in [-0.25, -0.2) is 4.79 Å². The van der Waals surface area contributed by atoms with Crippen molar-refractivity contribution >= 4 is 34.5 Å². The lowest BCUT2D eigenvalue weighted by atomic mass is 9.89. The molecule has 5 heterocycles. The minimum Gasteiger partial charge on any atom is -0.410 e. The fourth-order valence-electron chi connectivity index (χ4n) is 8.97. The number of hydrogen-bond acceptors (Lipinski definition) is 6. The van der Waals surface area contributed by atoms with Crippen LogP contribution in [0.4, 0.5) is 10.5 Å². The number of ether oxygens (including phenoxy) is 2. The summed E-state index contributed by atoms with van der Waals surface area (Å²) in [7, 11) is 5.71. The second kappa shape index (κ2) is 15.9. The summed E-state index contributed by atoms with van der Waals surface area (Å²) in [5, 5.41) is 1.07. The average molecular weight is 791 g/mol. The maximum Gasteiger partial charge on any atom is 0.415 e. The van der Waals surface area contributed by atoms with Gasteiger partial charge >= 0.3 is 6.09 Å². The molecular formula is C48H50N6O5. The lowest BCUT2D eigenvalue weighted by Crippen LogP contribution is -2.52. The second-order valence-electron chi connectivity index (χ2n) is 16.1. The molecule has 3 aliphatic heterocycles. The average Bonchev–Trinajstić information content (AvgIpc) is 3.79. The number of carbonyl (C=O) groups excluding carboxylic acids is 3. The molecule has 0 aliphatic carbocycles. The molecule has 1 saturated heterocycles. The first-order chi connectivity index (χ1) is 28.6. The van der Waals surface area contributed by atoms with Crippen LogP contribution >= 0.6 is 0 Å². The number of carbonyl (C=O) groups is 3. The van der Waals surface area contributed by atoms with Gasteiger partial charge in [-0.05, 0) is 95.9 Å². The van der Waals surface area contributed by atoms with E-state index in [1.165, 1.54) is 5.56 Å². The Kier molecular flexibility index (Phi) is 10.3. The van der Waals surface area contributed by atoms with Gasteiger partial charge in [-0.3, -0.25) is 14.5 Å². The standard InChI is InChI=1S/C48H50N6O5/c1-32-41(46(55)51(4)38-12-6-5-7-13-38)28-45(50(32)3)42-25-35-17-19-53(48(57)59-40-15-14-33-16-18-49(2)44(33)27-40)29-37(35)26-43(42)47(56)54-30-36-11-9-8-10-34(36)24-39(54)31-52-20-22-58-23-21-52/h5-16,18,25-28,39H,17,19-24,29-31H2,1-4H3/t39-/m0/s1. The molecule has 2 aromatic heterocycles. The molecule has 302 valence electrons. The molecule has 3 amide bonds. The Labute approximate surface area is 344 Å². The molecule has 6 aromatic rings. The van der Waals surface area contributed by atoms with Crippen molar-refractivity contribution in [3.05, 3.63) is 142 Å². The minimum absolute atomic E-state index is 0.0563. The highest BCUT2D eigenvalue weighted by Crippen LogP contribution is 2.36. The Morgan fingerprint density at radius 2 is 1.56 bits per heavy atom. The summed E-state index contributed by atoms with van der Waals surface area (Å²) in [5.74, 6) is 0.291. The molecule has 1 atom stereocenters. The molecule has 1 fully saturated rings.